The van der Waals surface area contributed by atoms with Crippen LogP contribution in [0.3, 0.4) is 0 Å². The Balaban J connectivity index is 4.55. The second kappa shape index (κ2) is 11.5. The molecule has 0 aliphatic heterocycles. The highest BCUT2D eigenvalue weighted by Gasteiger charge is 2.32. The Morgan fingerprint density at radius 1 is 0.800 bits per heavy atom. The number of methoxy groups -OCH3 is 2. The van der Waals surface area contributed by atoms with Gasteiger partial charge in [-0.1, -0.05) is 20.3 Å². The predicted molar refractivity (Wildman–Crippen MR) is 82.2 cm³/mol. The van der Waals surface area contributed by atoms with E-state index in [9.17, 15) is 0 Å². The van der Waals surface area contributed by atoms with Crippen molar-refractivity contribution in [2.24, 2.45) is 5.41 Å². The molecule has 2 atom stereocenters. The fourth-order valence-electron chi connectivity index (χ4n) is 2.11. The number of hydrogen-bond donors (Lipinski definition) is 0. The van der Waals surface area contributed by atoms with Crippen molar-refractivity contribution in [3.05, 3.63) is 0 Å². The van der Waals surface area contributed by atoms with Gasteiger partial charge in [0.1, 0.15) is 0 Å². The van der Waals surface area contributed by atoms with Crippen LogP contribution in [0.1, 0.15) is 47.0 Å². The van der Waals surface area contributed by atoms with Crippen molar-refractivity contribution in [3.63, 3.8) is 0 Å². The molecule has 0 aromatic rings. The summed E-state index contributed by atoms with van der Waals surface area (Å²) >= 11 is 0. The van der Waals surface area contributed by atoms with Crippen LogP contribution in [0.2, 0.25) is 0 Å². The van der Waals surface area contributed by atoms with Crippen molar-refractivity contribution in [2.45, 2.75) is 59.2 Å². The number of hydrogen-bond acceptors (Lipinski definition) is 4. The average molecular weight is 290 g/mol. The molecule has 0 saturated carbocycles. The Kier molecular flexibility index (Phi) is 11.4. The summed E-state index contributed by atoms with van der Waals surface area (Å²) in [4.78, 5) is 0. The van der Waals surface area contributed by atoms with Crippen LogP contribution in [-0.4, -0.2) is 52.9 Å². The summed E-state index contributed by atoms with van der Waals surface area (Å²) in [6.07, 6.45) is 3.71. The van der Waals surface area contributed by atoms with Gasteiger partial charge in [-0.15, -0.1) is 0 Å². The van der Waals surface area contributed by atoms with Crippen LogP contribution in [0.25, 0.3) is 0 Å². The van der Waals surface area contributed by atoms with E-state index in [4.69, 9.17) is 18.9 Å². The molecule has 0 fully saturated rings. The summed E-state index contributed by atoms with van der Waals surface area (Å²) in [6, 6.07) is 0. The zero-order valence-corrected chi connectivity index (χ0v) is 14.2. The van der Waals surface area contributed by atoms with Crippen LogP contribution in [0.15, 0.2) is 0 Å². The fourth-order valence-corrected chi connectivity index (χ4v) is 2.11. The van der Waals surface area contributed by atoms with Crippen LogP contribution in [0, 0.1) is 5.41 Å². The lowest BCUT2D eigenvalue weighted by Gasteiger charge is -2.34. The lowest BCUT2D eigenvalue weighted by molar-refractivity contribution is -0.117. The van der Waals surface area contributed by atoms with Crippen molar-refractivity contribution in [2.75, 3.05) is 40.6 Å². The maximum Gasteiger partial charge on any atom is 0.0637 e. The van der Waals surface area contributed by atoms with Gasteiger partial charge in [0.2, 0.25) is 0 Å². The molecule has 0 bridgehead atoms. The Morgan fingerprint density at radius 2 is 1.30 bits per heavy atom. The lowest BCUT2D eigenvalue weighted by Crippen LogP contribution is -2.42. The topological polar surface area (TPSA) is 36.9 Å². The molecular formula is C16H34O4. The third-order valence-electron chi connectivity index (χ3n) is 3.52. The molecule has 2 unspecified atom stereocenters. The number of rotatable bonds is 13. The Labute approximate surface area is 125 Å². The van der Waals surface area contributed by atoms with E-state index >= 15 is 0 Å². The number of ether oxygens (including phenoxy) is 4. The van der Waals surface area contributed by atoms with Gasteiger partial charge in [-0.25, -0.2) is 0 Å². The highest BCUT2D eigenvalue weighted by atomic mass is 16.5. The molecule has 0 spiro atoms. The Bertz CT molecular complexity index is 215. The minimum absolute atomic E-state index is 0.227. The summed E-state index contributed by atoms with van der Waals surface area (Å²) < 4.78 is 22.6. The predicted octanol–water partition coefficient (Wildman–Crippen LogP) is 3.29. The fraction of sp³-hybridized carbons (Fsp3) is 1.00. The molecule has 4 nitrogen and oxygen atoms in total. The first-order valence-electron chi connectivity index (χ1n) is 7.74. The van der Waals surface area contributed by atoms with Crippen LogP contribution in [0.4, 0.5) is 0 Å². The maximum atomic E-state index is 5.98. The van der Waals surface area contributed by atoms with Crippen LogP contribution < -0.4 is 0 Å². The van der Waals surface area contributed by atoms with Gasteiger partial charge in [-0.05, 0) is 26.7 Å². The van der Waals surface area contributed by atoms with E-state index in [0.717, 1.165) is 19.3 Å². The summed E-state index contributed by atoms with van der Waals surface area (Å²) in [7, 11) is 3.42. The van der Waals surface area contributed by atoms with Crippen LogP contribution in [0.5, 0.6) is 0 Å². The molecule has 4 heteroatoms. The van der Waals surface area contributed by atoms with Crippen LogP contribution in [-0.2, 0) is 18.9 Å². The van der Waals surface area contributed by atoms with Crippen molar-refractivity contribution >= 4 is 0 Å². The molecule has 0 aliphatic carbocycles. The first kappa shape index (κ1) is 19.8. The largest absolute Gasteiger partial charge is 0.384 e. The molecule has 0 heterocycles. The third-order valence-corrected chi connectivity index (χ3v) is 3.52. The average Bonchev–Trinajstić information content (AvgIpc) is 2.43. The van der Waals surface area contributed by atoms with Gasteiger partial charge in [0.05, 0.1) is 44.1 Å². The van der Waals surface area contributed by atoms with Gasteiger partial charge in [0, 0.05) is 14.2 Å². The van der Waals surface area contributed by atoms with E-state index in [0.29, 0.717) is 26.4 Å². The molecule has 122 valence electrons. The normalized spacial score (nSPS) is 15.3. The van der Waals surface area contributed by atoms with Gasteiger partial charge in [0.25, 0.3) is 0 Å². The molecular weight excluding hydrogens is 256 g/mol. The van der Waals surface area contributed by atoms with E-state index < -0.39 is 0 Å². The highest BCUT2D eigenvalue weighted by Crippen LogP contribution is 2.22. The molecule has 0 aliphatic rings. The minimum atomic E-state index is -0.227. The SMILES string of the molecule is CCCC(C)OCC(COC)(COC)COC(C)CC. The molecule has 20 heavy (non-hydrogen) atoms. The van der Waals surface area contributed by atoms with Gasteiger partial charge in [0.15, 0.2) is 0 Å². The zero-order valence-electron chi connectivity index (χ0n) is 14.2. The molecule has 0 radical (unpaired) electrons. The van der Waals surface area contributed by atoms with Crippen LogP contribution >= 0.6 is 0 Å². The van der Waals surface area contributed by atoms with E-state index in [-0.39, 0.29) is 17.6 Å². The van der Waals surface area contributed by atoms with E-state index in [1.807, 2.05) is 0 Å². The Hall–Kier alpha value is -0.160. The monoisotopic (exact) mass is 290 g/mol. The van der Waals surface area contributed by atoms with E-state index in [2.05, 4.69) is 27.7 Å². The minimum Gasteiger partial charge on any atom is -0.384 e. The smallest absolute Gasteiger partial charge is 0.0637 e. The standard InChI is InChI=1S/C16H34O4/c1-7-9-15(4)20-13-16(10-17-5,11-18-6)12-19-14(3)8-2/h14-15H,7-13H2,1-6H3. The highest BCUT2D eigenvalue weighted by molar-refractivity contribution is 4.80. The second-order valence-electron chi connectivity index (χ2n) is 5.81. The summed E-state index contributed by atoms with van der Waals surface area (Å²) in [5, 5.41) is 0. The summed E-state index contributed by atoms with van der Waals surface area (Å²) in [5.41, 5.74) is -0.227. The zero-order chi connectivity index (χ0) is 15.4. The first-order chi connectivity index (χ1) is 9.53. The van der Waals surface area contributed by atoms with Gasteiger partial charge < -0.3 is 18.9 Å². The lowest BCUT2D eigenvalue weighted by atomic mass is 9.92. The van der Waals surface area contributed by atoms with Gasteiger partial charge >= 0.3 is 0 Å². The third kappa shape index (κ3) is 8.20. The summed E-state index contributed by atoms with van der Waals surface area (Å²) in [5.74, 6) is 0. The Morgan fingerprint density at radius 3 is 1.70 bits per heavy atom. The van der Waals surface area contributed by atoms with Crippen molar-refractivity contribution in [1.82, 2.24) is 0 Å². The molecule has 0 aromatic heterocycles. The van der Waals surface area contributed by atoms with Gasteiger partial charge in [-0.3, -0.25) is 0 Å². The first-order valence-corrected chi connectivity index (χ1v) is 7.74. The van der Waals surface area contributed by atoms with Crippen molar-refractivity contribution in [3.8, 4) is 0 Å². The maximum absolute atomic E-state index is 5.98. The molecule has 0 amide bonds. The molecule has 0 rings (SSSR count). The quantitative estimate of drug-likeness (QED) is 0.521. The second-order valence-corrected chi connectivity index (χ2v) is 5.81. The molecule has 0 N–H and O–H groups in total. The van der Waals surface area contributed by atoms with Crippen molar-refractivity contribution in [1.29, 1.82) is 0 Å². The summed E-state index contributed by atoms with van der Waals surface area (Å²) in [6.45, 7) is 10.9. The van der Waals surface area contributed by atoms with E-state index in [1.165, 1.54) is 0 Å². The molecule has 0 saturated heterocycles. The molecule has 0 aromatic carbocycles. The van der Waals surface area contributed by atoms with Gasteiger partial charge in [-0.2, -0.15) is 0 Å². The van der Waals surface area contributed by atoms with E-state index in [1.54, 1.807) is 14.2 Å². The van der Waals surface area contributed by atoms with Crippen molar-refractivity contribution < 1.29 is 18.9 Å².